The predicted octanol–water partition coefficient (Wildman–Crippen LogP) is 1.78. The average molecular weight is 210 g/mol. The zero-order valence-electron chi connectivity index (χ0n) is 9.27. The van der Waals surface area contributed by atoms with Gasteiger partial charge in [-0.05, 0) is 26.7 Å². The molecule has 4 N–H and O–H groups in total. The maximum atomic E-state index is 8.56. The van der Waals surface area contributed by atoms with Gasteiger partial charge < -0.3 is 20.4 Å². The van der Waals surface area contributed by atoms with Crippen LogP contribution in [0.1, 0.15) is 40.5 Å². The lowest BCUT2D eigenvalue weighted by atomic mass is 10.3. The third kappa shape index (κ3) is 114. The van der Waals surface area contributed by atoms with Crippen molar-refractivity contribution in [1.82, 2.24) is 0 Å². The van der Waals surface area contributed by atoms with E-state index in [2.05, 4.69) is 0 Å². The molecular weight excluding hydrogens is 188 g/mol. The minimum atomic E-state index is -1.83. The third-order valence-corrected chi connectivity index (χ3v) is 1.18. The van der Waals surface area contributed by atoms with Gasteiger partial charge in [-0.1, -0.05) is 13.8 Å². The Balaban J connectivity index is -0.000000131. The standard InChI is InChI=1S/2C4H10O.CH2O3/c2*1-3-4(2)5;2-1(3)4/h2*4-5H,3H2,1-2H3;(H2,2,3,4). The lowest BCUT2D eigenvalue weighted by Gasteiger charge is -1.90. The van der Waals surface area contributed by atoms with Crippen molar-refractivity contribution >= 4 is 6.16 Å². The number of carbonyl (C=O) groups is 1. The fourth-order valence-corrected chi connectivity index (χ4v) is 0. The van der Waals surface area contributed by atoms with Crippen molar-refractivity contribution in [2.75, 3.05) is 0 Å². The Morgan fingerprint density at radius 3 is 1.07 bits per heavy atom. The number of carboxylic acid groups (broad SMARTS) is 2. The van der Waals surface area contributed by atoms with Gasteiger partial charge in [0.15, 0.2) is 0 Å². The van der Waals surface area contributed by atoms with Crippen LogP contribution in [-0.4, -0.2) is 38.8 Å². The summed E-state index contributed by atoms with van der Waals surface area (Å²) in [4.78, 5) is 8.56. The third-order valence-electron chi connectivity index (χ3n) is 1.18. The Bertz CT molecular complexity index is 99.8. The molecule has 0 fully saturated rings. The first-order chi connectivity index (χ1) is 6.27. The molecule has 0 aliphatic rings. The number of hydrogen-bond acceptors (Lipinski definition) is 3. The maximum absolute atomic E-state index is 8.56. The van der Waals surface area contributed by atoms with E-state index in [1.54, 1.807) is 13.8 Å². The van der Waals surface area contributed by atoms with Gasteiger partial charge in [-0.3, -0.25) is 0 Å². The molecule has 0 aromatic carbocycles. The van der Waals surface area contributed by atoms with Crippen molar-refractivity contribution in [3.63, 3.8) is 0 Å². The van der Waals surface area contributed by atoms with E-state index in [1.807, 2.05) is 13.8 Å². The molecule has 0 heterocycles. The lowest BCUT2D eigenvalue weighted by molar-refractivity contribution is 0.137. The van der Waals surface area contributed by atoms with Crippen LogP contribution in [0.25, 0.3) is 0 Å². The Hall–Kier alpha value is -0.810. The van der Waals surface area contributed by atoms with Crippen molar-refractivity contribution in [3.8, 4) is 0 Å². The summed E-state index contributed by atoms with van der Waals surface area (Å²) in [6.45, 7) is 7.45. The first kappa shape index (κ1) is 18.9. The summed E-state index contributed by atoms with van der Waals surface area (Å²) in [7, 11) is 0. The smallest absolute Gasteiger partial charge is 0.450 e. The Labute approximate surface area is 85.0 Å². The van der Waals surface area contributed by atoms with Gasteiger partial charge in [-0.15, -0.1) is 0 Å². The van der Waals surface area contributed by atoms with Crippen LogP contribution in [0.15, 0.2) is 0 Å². The summed E-state index contributed by atoms with van der Waals surface area (Å²) < 4.78 is 0. The quantitative estimate of drug-likeness (QED) is 0.557. The molecule has 0 aromatic rings. The van der Waals surface area contributed by atoms with Crippen molar-refractivity contribution in [2.45, 2.75) is 52.7 Å². The maximum Gasteiger partial charge on any atom is 0.503 e. The second-order valence-corrected chi connectivity index (χ2v) is 2.80. The van der Waals surface area contributed by atoms with Crippen molar-refractivity contribution in [1.29, 1.82) is 0 Å². The van der Waals surface area contributed by atoms with Crippen molar-refractivity contribution in [2.24, 2.45) is 0 Å². The summed E-state index contributed by atoms with van der Waals surface area (Å²) in [6.07, 6.45) is -0.343. The minimum absolute atomic E-state index is 0.116. The number of hydrogen-bond donors (Lipinski definition) is 4. The van der Waals surface area contributed by atoms with Crippen LogP contribution in [-0.2, 0) is 0 Å². The molecule has 0 saturated heterocycles. The lowest BCUT2D eigenvalue weighted by Crippen LogP contribution is -1.93. The van der Waals surface area contributed by atoms with Gasteiger partial charge in [0.05, 0.1) is 12.2 Å². The van der Waals surface area contributed by atoms with Gasteiger partial charge in [0.2, 0.25) is 0 Å². The molecule has 5 heteroatoms. The molecule has 0 amide bonds. The van der Waals surface area contributed by atoms with Gasteiger partial charge in [0.25, 0.3) is 0 Å². The molecule has 0 aliphatic heterocycles. The molecule has 2 atom stereocenters. The zero-order chi connectivity index (χ0) is 12.1. The van der Waals surface area contributed by atoms with E-state index in [4.69, 9.17) is 25.2 Å². The van der Waals surface area contributed by atoms with Crippen LogP contribution >= 0.6 is 0 Å². The fraction of sp³-hybridized carbons (Fsp3) is 0.889. The number of rotatable bonds is 2. The first-order valence-corrected chi connectivity index (χ1v) is 4.55. The largest absolute Gasteiger partial charge is 0.503 e. The molecule has 5 nitrogen and oxygen atoms in total. The number of aliphatic hydroxyl groups excluding tert-OH is 2. The van der Waals surface area contributed by atoms with E-state index < -0.39 is 6.16 Å². The first-order valence-electron chi connectivity index (χ1n) is 4.55. The van der Waals surface area contributed by atoms with Gasteiger partial charge in [0, 0.05) is 0 Å². The Morgan fingerprint density at radius 2 is 1.07 bits per heavy atom. The van der Waals surface area contributed by atoms with E-state index in [9.17, 15) is 0 Å². The molecule has 0 rings (SSSR count). The highest BCUT2D eigenvalue weighted by molar-refractivity contribution is 5.53. The second kappa shape index (κ2) is 14.7. The highest BCUT2D eigenvalue weighted by Gasteiger charge is 1.82. The van der Waals surface area contributed by atoms with Gasteiger partial charge in [0.1, 0.15) is 0 Å². The molecule has 0 aliphatic carbocycles. The van der Waals surface area contributed by atoms with Gasteiger partial charge in [-0.2, -0.15) is 0 Å². The summed E-state index contributed by atoms with van der Waals surface area (Å²) in [5.41, 5.74) is 0. The van der Waals surface area contributed by atoms with Crippen molar-refractivity contribution < 1.29 is 25.2 Å². The van der Waals surface area contributed by atoms with Crippen LogP contribution in [0.5, 0.6) is 0 Å². The Kier molecular flexibility index (Phi) is 19.8. The van der Waals surface area contributed by atoms with E-state index in [0.717, 1.165) is 12.8 Å². The normalized spacial score (nSPS) is 12.4. The molecule has 14 heavy (non-hydrogen) atoms. The van der Waals surface area contributed by atoms with Crippen LogP contribution in [0.3, 0.4) is 0 Å². The van der Waals surface area contributed by atoms with E-state index >= 15 is 0 Å². The van der Waals surface area contributed by atoms with Crippen LogP contribution in [0.4, 0.5) is 4.79 Å². The summed E-state index contributed by atoms with van der Waals surface area (Å²) in [5.74, 6) is 0. The van der Waals surface area contributed by atoms with E-state index in [1.165, 1.54) is 0 Å². The highest BCUT2D eigenvalue weighted by Crippen LogP contribution is 1.82. The second-order valence-electron chi connectivity index (χ2n) is 2.80. The predicted molar refractivity (Wildman–Crippen MR) is 54.6 cm³/mol. The molecule has 2 unspecified atom stereocenters. The molecule has 0 radical (unpaired) electrons. The number of aliphatic hydroxyl groups is 2. The molecule has 0 saturated carbocycles. The molecule has 88 valence electrons. The Morgan fingerprint density at radius 1 is 1.00 bits per heavy atom. The monoisotopic (exact) mass is 210 g/mol. The van der Waals surface area contributed by atoms with Crippen LogP contribution < -0.4 is 0 Å². The summed E-state index contributed by atoms with van der Waals surface area (Å²) in [6, 6.07) is 0. The topological polar surface area (TPSA) is 98.0 Å². The van der Waals surface area contributed by atoms with E-state index in [-0.39, 0.29) is 12.2 Å². The molecule has 0 spiro atoms. The summed E-state index contributed by atoms with van der Waals surface area (Å²) in [5, 5.41) is 30.7. The van der Waals surface area contributed by atoms with Gasteiger partial charge in [-0.25, -0.2) is 4.79 Å². The van der Waals surface area contributed by atoms with Crippen molar-refractivity contribution in [3.05, 3.63) is 0 Å². The molecular formula is C9H22O5. The molecule has 0 bridgehead atoms. The molecule has 0 aromatic heterocycles. The van der Waals surface area contributed by atoms with Crippen LogP contribution in [0, 0.1) is 0 Å². The average Bonchev–Trinajstić information content (AvgIpc) is 2.04. The van der Waals surface area contributed by atoms with E-state index in [0.29, 0.717) is 0 Å². The SMILES string of the molecule is CCC(C)O.CCC(C)O.O=C(O)O. The summed E-state index contributed by atoms with van der Waals surface area (Å²) >= 11 is 0. The highest BCUT2D eigenvalue weighted by atomic mass is 16.6. The minimum Gasteiger partial charge on any atom is -0.450 e. The van der Waals surface area contributed by atoms with Crippen LogP contribution in [0.2, 0.25) is 0 Å². The zero-order valence-corrected chi connectivity index (χ0v) is 9.27. The fourth-order valence-electron chi connectivity index (χ4n) is 0. The van der Waals surface area contributed by atoms with Gasteiger partial charge >= 0.3 is 6.16 Å².